The molecule has 0 spiro atoms. The Balaban J connectivity index is 1.75. The zero-order chi connectivity index (χ0) is 14.0. The van der Waals surface area contributed by atoms with Crippen molar-refractivity contribution in [3.8, 4) is 0 Å². The van der Waals surface area contributed by atoms with Gasteiger partial charge in [-0.05, 0) is 59.4 Å². The van der Waals surface area contributed by atoms with Gasteiger partial charge in [0.1, 0.15) is 0 Å². The van der Waals surface area contributed by atoms with Crippen molar-refractivity contribution in [3.05, 3.63) is 0 Å². The molecule has 0 aromatic heterocycles. The average molecular weight is 268 g/mol. The van der Waals surface area contributed by atoms with Crippen molar-refractivity contribution in [1.29, 1.82) is 0 Å². The Morgan fingerprint density at radius 2 is 1.63 bits per heavy atom. The molecule has 0 atom stereocenters. The average Bonchev–Trinajstić information content (AvgIpc) is 3.13. The molecule has 0 aromatic carbocycles. The van der Waals surface area contributed by atoms with Crippen LogP contribution in [0.4, 0.5) is 0 Å². The number of carbonyl (C=O) groups is 1. The van der Waals surface area contributed by atoms with Gasteiger partial charge in [-0.2, -0.15) is 0 Å². The second kappa shape index (κ2) is 5.80. The van der Waals surface area contributed by atoms with Gasteiger partial charge >= 0.3 is 5.97 Å². The third-order valence-corrected chi connectivity index (χ3v) is 4.59. The van der Waals surface area contributed by atoms with Crippen LogP contribution in [0.1, 0.15) is 52.4 Å². The molecule has 0 radical (unpaired) electrons. The lowest BCUT2D eigenvalue weighted by Gasteiger charge is -2.37. The number of hydrogen-bond acceptors (Lipinski definition) is 3. The molecule has 0 bridgehead atoms. The van der Waals surface area contributed by atoms with Crippen LogP contribution in [0.2, 0.25) is 0 Å². The zero-order valence-corrected chi connectivity index (χ0v) is 12.5. The van der Waals surface area contributed by atoms with Gasteiger partial charge in [0.2, 0.25) is 0 Å². The Kier molecular flexibility index (Phi) is 4.51. The number of hydrogen-bond donors (Lipinski definition) is 2. The second-order valence-corrected chi connectivity index (χ2v) is 7.05. The molecule has 4 heteroatoms. The van der Waals surface area contributed by atoms with Crippen LogP contribution in [-0.2, 0) is 4.79 Å². The first-order valence-corrected chi connectivity index (χ1v) is 7.58. The van der Waals surface area contributed by atoms with Crippen molar-refractivity contribution in [3.63, 3.8) is 0 Å². The predicted molar refractivity (Wildman–Crippen MR) is 76.2 cm³/mol. The second-order valence-electron chi connectivity index (χ2n) is 7.05. The molecule has 0 saturated heterocycles. The summed E-state index contributed by atoms with van der Waals surface area (Å²) in [7, 11) is 2.07. The van der Waals surface area contributed by atoms with E-state index < -0.39 is 11.4 Å². The summed E-state index contributed by atoms with van der Waals surface area (Å²) in [5.74, 6) is -0.705. The third kappa shape index (κ3) is 4.18. The maximum absolute atomic E-state index is 11.2. The van der Waals surface area contributed by atoms with Crippen molar-refractivity contribution >= 4 is 5.97 Å². The minimum Gasteiger partial charge on any atom is -0.481 e. The maximum atomic E-state index is 11.2. The number of nitrogens with one attached hydrogen (secondary N) is 1. The monoisotopic (exact) mass is 268 g/mol. The largest absolute Gasteiger partial charge is 0.481 e. The van der Waals surface area contributed by atoms with Crippen LogP contribution >= 0.6 is 0 Å². The molecule has 2 N–H and O–H groups in total. The van der Waals surface area contributed by atoms with Crippen molar-refractivity contribution < 1.29 is 9.90 Å². The SMILES string of the molecule is CN(CC(C)(C)C(=O)O)C1CCC(NC2CC2)CC1. The fraction of sp³-hybridized carbons (Fsp3) is 0.933. The van der Waals surface area contributed by atoms with E-state index >= 15 is 0 Å². The van der Waals surface area contributed by atoms with Crippen LogP contribution in [-0.4, -0.2) is 47.7 Å². The summed E-state index contributed by atoms with van der Waals surface area (Å²) in [6.07, 6.45) is 7.56. The first-order chi connectivity index (χ1) is 8.88. The molecule has 2 saturated carbocycles. The number of carboxylic acids is 1. The van der Waals surface area contributed by atoms with Gasteiger partial charge in [-0.25, -0.2) is 0 Å². The van der Waals surface area contributed by atoms with Gasteiger partial charge < -0.3 is 15.3 Å². The van der Waals surface area contributed by atoms with E-state index in [2.05, 4.69) is 17.3 Å². The Hall–Kier alpha value is -0.610. The lowest BCUT2D eigenvalue weighted by Crippen LogP contribution is -2.46. The Morgan fingerprint density at radius 1 is 1.16 bits per heavy atom. The molecule has 2 fully saturated rings. The highest BCUT2D eigenvalue weighted by Gasteiger charge is 2.33. The van der Waals surface area contributed by atoms with E-state index in [-0.39, 0.29) is 0 Å². The van der Waals surface area contributed by atoms with E-state index in [1.165, 1.54) is 38.5 Å². The first-order valence-electron chi connectivity index (χ1n) is 7.58. The molecular formula is C15H28N2O2. The van der Waals surface area contributed by atoms with Crippen molar-refractivity contribution in [1.82, 2.24) is 10.2 Å². The highest BCUT2D eigenvalue weighted by atomic mass is 16.4. The quantitative estimate of drug-likeness (QED) is 0.774. The van der Waals surface area contributed by atoms with E-state index in [0.717, 1.165) is 6.04 Å². The minimum atomic E-state index is -0.705. The lowest BCUT2D eigenvalue weighted by molar-refractivity contribution is -0.148. The van der Waals surface area contributed by atoms with Crippen LogP contribution in [0, 0.1) is 5.41 Å². The van der Waals surface area contributed by atoms with Gasteiger partial charge in [0.05, 0.1) is 5.41 Å². The van der Waals surface area contributed by atoms with Gasteiger partial charge in [-0.3, -0.25) is 4.79 Å². The van der Waals surface area contributed by atoms with E-state index in [1.807, 2.05) is 13.8 Å². The van der Waals surface area contributed by atoms with Gasteiger partial charge in [-0.1, -0.05) is 0 Å². The maximum Gasteiger partial charge on any atom is 0.310 e. The van der Waals surface area contributed by atoms with Gasteiger partial charge in [0.15, 0.2) is 0 Å². The zero-order valence-electron chi connectivity index (χ0n) is 12.5. The number of nitrogens with zero attached hydrogens (tertiary/aromatic N) is 1. The first kappa shape index (κ1) is 14.8. The fourth-order valence-corrected chi connectivity index (χ4v) is 3.09. The van der Waals surface area contributed by atoms with E-state index in [0.29, 0.717) is 18.6 Å². The topological polar surface area (TPSA) is 52.6 Å². The van der Waals surface area contributed by atoms with Crippen molar-refractivity contribution in [2.75, 3.05) is 13.6 Å². The smallest absolute Gasteiger partial charge is 0.310 e. The predicted octanol–water partition coefficient (Wildman–Crippen LogP) is 2.09. The molecule has 0 aliphatic heterocycles. The summed E-state index contributed by atoms with van der Waals surface area (Å²) in [4.78, 5) is 13.4. The molecular weight excluding hydrogens is 240 g/mol. The molecule has 110 valence electrons. The summed E-state index contributed by atoms with van der Waals surface area (Å²) < 4.78 is 0. The Labute approximate surface area is 116 Å². The van der Waals surface area contributed by atoms with E-state index in [4.69, 9.17) is 0 Å². The van der Waals surface area contributed by atoms with Crippen molar-refractivity contribution in [2.45, 2.75) is 70.5 Å². The van der Waals surface area contributed by atoms with Crippen LogP contribution in [0.3, 0.4) is 0 Å². The van der Waals surface area contributed by atoms with Crippen molar-refractivity contribution in [2.24, 2.45) is 5.41 Å². The van der Waals surface area contributed by atoms with Gasteiger partial charge in [-0.15, -0.1) is 0 Å². The molecule has 2 aliphatic carbocycles. The third-order valence-electron chi connectivity index (χ3n) is 4.59. The molecule has 0 heterocycles. The molecule has 0 aromatic rings. The molecule has 2 aliphatic rings. The highest BCUT2D eigenvalue weighted by molar-refractivity contribution is 5.73. The molecule has 0 unspecified atom stereocenters. The van der Waals surface area contributed by atoms with Gasteiger partial charge in [0.25, 0.3) is 0 Å². The van der Waals surface area contributed by atoms with Crippen LogP contribution in [0.5, 0.6) is 0 Å². The molecule has 2 rings (SSSR count). The summed E-state index contributed by atoms with van der Waals surface area (Å²) in [5.41, 5.74) is -0.655. The van der Waals surface area contributed by atoms with Crippen LogP contribution in [0.15, 0.2) is 0 Å². The normalized spacial score (nSPS) is 28.6. The molecule has 0 amide bonds. The van der Waals surface area contributed by atoms with Gasteiger partial charge in [0, 0.05) is 24.7 Å². The number of rotatable bonds is 6. The number of carboxylic acid groups (broad SMARTS) is 1. The fourth-order valence-electron chi connectivity index (χ4n) is 3.09. The van der Waals surface area contributed by atoms with E-state index in [9.17, 15) is 9.90 Å². The van der Waals surface area contributed by atoms with E-state index in [1.54, 1.807) is 0 Å². The molecule has 19 heavy (non-hydrogen) atoms. The van der Waals surface area contributed by atoms with Crippen LogP contribution < -0.4 is 5.32 Å². The summed E-state index contributed by atoms with van der Waals surface area (Å²) in [5, 5.41) is 12.9. The minimum absolute atomic E-state index is 0.552. The highest BCUT2D eigenvalue weighted by Crippen LogP contribution is 2.28. The standard InChI is InChI=1S/C15H28N2O2/c1-15(2,14(18)19)10-17(3)13-8-6-12(7-9-13)16-11-4-5-11/h11-13,16H,4-10H2,1-3H3,(H,18,19). The number of aliphatic carboxylic acids is 1. The summed E-state index contributed by atoms with van der Waals surface area (Å²) in [6, 6.07) is 2.05. The summed E-state index contributed by atoms with van der Waals surface area (Å²) >= 11 is 0. The van der Waals surface area contributed by atoms with Crippen LogP contribution in [0.25, 0.3) is 0 Å². The Morgan fingerprint density at radius 3 is 2.05 bits per heavy atom. The molecule has 4 nitrogen and oxygen atoms in total. The Bertz CT molecular complexity index is 318. The summed E-state index contributed by atoms with van der Waals surface area (Å²) in [6.45, 7) is 4.26. The lowest BCUT2D eigenvalue weighted by atomic mass is 9.87.